The fraction of sp³-hybridized carbons (Fsp3) is 0.933. The minimum atomic E-state index is -1.02. The van der Waals surface area contributed by atoms with Crippen LogP contribution in [0.3, 0.4) is 0 Å². The lowest BCUT2D eigenvalue weighted by atomic mass is 9.85. The van der Waals surface area contributed by atoms with Crippen LogP contribution in [0.4, 0.5) is 0 Å². The van der Waals surface area contributed by atoms with Gasteiger partial charge in [0.15, 0.2) is 0 Å². The molecule has 3 unspecified atom stereocenters. The van der Waals surface area contributed by atoms with E-state index >= 15 is 0 Å². The highest BCUT2D eigenvalue weighted by atomic mass is 16.4. The van der Waals surface area contributed by atoms with Gasteiger partial charge in [-0.05, 0) is 57.5 Å². The van der Waals surface area contributed by atoms with E-state index in [4.69, 9.17) is 5.73 Å². The number of rotatable bonds is 6. The van der Waals surface area contributed by atoms with Crippen molar-refractivity contribution in [2.45, 2.75) is 69.9 Å². The highest BCUT2D eigenvalue weighted by Gasteiger charge is 2.36. The average molecular weight is 268 g/mol. The minimum Gasteiger partial charge on any atom is -0.480 e. The highest BCUT2D eigenvalue weighted by molar-refractivity contribution is 5.78. The Balaban J connectivity index is 1.78. The summed E-state index contributed by atoms with van der Waals surface area (Å²) in [7, 11) is 0. The average Bonchev–Trinajstić information content (AvgIpc) is 2.82. The summed E-state index contributed by atoms with van der Waals surface area (Å²) in [5, 5.41) is 9.17. The van der Waals surface area contributed by atoms with Gasteiger partial charge < -0.3 is 15.7 Å². The molecule has 1 aliphatic carbocycles. The van der Waals surface area contributed by atoms with Gasteiger partial charge in [-0.3, -0.25) is 4.79 Å². The van der Waals surface area contributed by atoms with Gasteiger partial charge in [-0.25, -0.2) is 0 Å². The van der Waals surface area contributed by atoms with Crippen molar-refractivity contribution < 1.29 is 9.90 Å². The zero-order valence-electron chi connectivity index (χ0n) is 12.1. The lowest BCUT2D eigenvalue weighted by Gasteiger charge is -2.32. The molecule has 4 nitrogen and oxygen atoms in total. The molecular weight excluding hydrogens is 240 g/mol. The topological polar surface area (TPSA) is 66.6 Å². The molecule has 4 heteroatoms. The molecule has 3 atom stereocenters. The molecule has 0 amide bonds. The third kappa shape index (κ3) is 3.29. The molecule has 3 N–H and O–H groups in total. The number of carbonyl (C=O) groups is 1. The van der Waals surface area contributed by atoms with Crippen LogP contribution in [0.1, 0.15) is 58.3 Å². The second kappa shape index (κ2) is 6.23. The molecule has 1 aliphatic heterocycles. The second-order valence-corrected chi connectivity index (χ2v) is 6.35. The Morgan fingerprint density at radius 1 is 1.37 bits per heavy atom. The Morgan fingerprint density at radius 3 is 2.79 bits per heavy atom. The van der Waals surface area contributed by atoms with E-state index in [9.17, 15) is 9.90 Å². The molecule has 2 aliphatic rings. The zero-order valence-corrected chi connectivity index (χ0v) is 12.1. The van der Waals surface area contributed by atoms with Crippen molar-refractivity contribution in [3.8, 4) is 0 Å². The Labute approximate surface area is 116 Å². The molecule has 2 fully saturated rings. The number of carboxylic acids is 1. The van der Waals surface area contributed by atoms with Gasteiger partial charge in [0.1, 0.15) is 5.54 Å². The lowest BCUT2D eigenvalue weighted by Crippen LogP contribution is -2.48. The van der Waals surface area contributed by atoms with Crippen molar-refractivity contribution in [2.75, 3.05) is 13.1 Å². The summed E-state index contributed by atoms with van der Waals surface area (Å²) in [6.45, 7) is 4.08. The summed E-state index contributed by atoms with van der Waals surface area (Å²) < 4.78 is 0. The van der Waals surface area contributed by atoms with Crippen LogP contribution >= 0.6 is 0 Å². The number of aliphatic carboxylic acids is 1. The maximum atomic E-state index is 11.2. The lowest BCUT2D eigenvalue weighted by molar-refractivity contribution is -0.143. The first kappa shape index (κ1) is 14.8. The van der Waals surface area contributed by atoms with Crippen molar-refractivity contribution in [1.82, 2.24) is 4.90 Å². The first-order valence-electron chi connectivity index (χ1n) is 7.83. The highest BCUT2D eigenvalue weighted by Crippen LogP contribution is 2.36. The van der Waals surface area contributed by atoms with Crippen molar-refractivity contribution in [3.63, 3.8) is 0 Å². The molecule has 0 spiro atoms. The van der Waals surface area contributed by atoms with Crippen LogP contribution in [0.2, 0.25) is 0 Å². The molecule has 0 radical (unpaired) electrons. The number of carboxylic acid groups (broad SMARTS) is 1. The molecule has 0 aromatic heterocycles. The Hall–Kier alpha value is -0.610. The Morgan fingerprint density at radius 2 is 2.11 bits per heavy atom. The first-order chi connectivity index (χ1) is 9.07. The smallest absolute Gasteiger partial charge is 0.323 e. The predicted octanol–water partition coefficient (Wildman–Crippen LogP) is 2.22. The number of hydrogen-bond acceptors (Lipinski definition) is 3. The summed E-state index contributed by atoms with van der Waals surface area (Å²) >= 11 is 0. The van der Waals surface area contributed by atoms with Gasteiger partial charge in [-0.15, -0.1) is 0 Å². The number of fused-ring (bicyclic) bond motifs is 1. The quantitative estimate of drug-likeness (QED) is 0.775. The third-order valence-electron chi connectivity index (χ3n) is 5.25. The van der Waals surface area contributed by atoms with Gasteiger partial charge in [-0.1, -0.05) is 19.8 Å². The van der Waals surface area contributed by atoms with Gasteiger partial charge >= 0.3 is 5.97 Å². The van der Waals surface area contributed by atoms with E-state index in [-0.39, 0.29) is 0 Å². The van der Waals surface area contributed by atoms with E-state index in [1.807, 2.05) is 6.92 Å². The molecular formula is C15H28N2O2. The van der Waals surface area contributed by atoms with Crippen LogP contribution in [0, 0.1) is 5.92 Å². The Bertz CT molecular complexity index is 321. The van der Waals surface area contributed by atoms with Crippen molar-refractivity contribution in [1.29, 1.82) is 0 Å². The maximum Gasteiger partial charge on any atom is 0.323 e. The number of nitrogens with two attached hydrogens (primary N) is 1. The fourth-order valence-corrected chi connectivity index (χ4v) is 3.81. The summed E-state index contributed by atoms with van der Waals surface area (Å²) in [5.41, 5.74) is 4.92. The van der Waals surface area contributed by atoms with Crippen molar-refractivity contribution >= 4 is 5.97 Å². The second-order valence-electron chi connectivity index (χ2n) is 6.35. The SMILES string of the molecule is CCC(N)(CCCN1CCC2CCCCC21)C(=O)O. The van der Waals surface area contributed by atoms with Gasteiger partial charge in [-0.2, -0.15) is 0 Å². The van der Waals surface area contributed by atoms with Crippen molar-refractivity contribution in [2.24, 2.45) is 11.7 Å². The zero-order chi connectivity index (χ0) is 13.9. The van der Waals surface area contributed by atoms with Gasteiger partial charge in [0.05, 0.1) is 0 Å². The van der Waals surface area contributed by atoms with Crippen molar-refractivity contribution in [3.05, 3.63) is 0 Å². The standard InChI is InChI=1S/C15H28N2O2/c1-2-15(16,14(18)19)9-5-10-17-11-8-12-6-3-4-7-13(12)17/h12-13H,2-11,16H2,1H3,(H,18,19). The van der Waals surface area contributed by atoms with Gasteiger partial charge in [0, 0.05) is 6.04 Å². The number of likely N-dealkylation sites (tertiary alicyclic amines) is 1. The van der Waals surface area contributed by atoms with Crippen LogP contribution in [0.25, 0.3) is 0 Å². The molecule has 110 valence electrons. The molecule has 0 aromatic carbocycles. The van der Waals surface area contributed by atoms with E-state index in [1.165, 1.54) is 38.6 Å². The predicted molar refractivity (Wildman–Crippen MR) is 76.0 cm³/mol. The molecule has 1 heterocycles. The van der Waals surface area contributed by atoms with Crippen LogP contribution in [-0.4, -0.2) is 40.6 Å². The third-order valence-corrected chi connectivity index (χ3v) is 5.25. The maximum absolute atomic E-state index is 11.2. The summed E-state index contributed by atoms with van der Waals surface area (Å²) in [4.78, 5) is 13.8. The van der Waals surface area contributed by atoms with E-state index < -0.39 is 11.5 Å². The van der Waals surface area contributed by atoms with Crippen LogP contribution in [0.15, 0.2) is 0 Å². The monoisotopic (exact) mass is 268 g/mol. The molecule has 2 rings (SSSR count). The Kier molecular flexibility index (Phi) is 4.85. The van der Waals surface area contributed by atoms with E-state index in [1.54, 1.807) is 0 Å². The fourth-order valence-electron chi connectivity index (χ4n) is 3.81. The summed E-state index contributed by atoms with van der Waals surface area (Å²) in [6, 6.07) is 0.771. The first-order valence-corrected chi connectivity index (χ1v) is 7.83. The molecule has 19 heavy (non-hydrogen) atoms. The van der Waals surface area contributed by atoms with Gasteiger partial charge in [0.25, 0.3) is 0 Å². The minimum absolute atomic E-state index is 0.508. The summed E-state index contributed by atoms with van der Waals surface area (Å²) in [5.74, 6) is 0.0500. The number of nitrogens with zero attached hydrogens (tertiary/aromatic N) is 1. The molecule has 1 saturated heterocycles. The summed E-state index contributed by atoms with van der Waals surface area (Å²) in [6.07, 6.45) is 8.83. The van der Waals surface area contributed by atoms with E-state index in [2.05, 4.69) is 4.90 Å². The van der Waals surface area contributed by atoms with Crippen LogP contribution < -0.4 is 5.73 Å². The van der Waals surface area contributed by atoms with Crippen LogP contribution in [0.5, 0.6) is 0 Å². The van der Waals surface area contributed by atoms with E-state index in [0.717, 1.165) is 24.9 Å². The molecule has 0 bridgehead atoms. The molecule has 0 aromatic rings. The van der Waals surface area contributed by atoms with Gasteiger partial charge in [0.2, 0.25) is 0 Å². The normalized spacial score (nSPS) is 30.8. The van der Waals surface area contributed by atoms with Crippen LogP contribution in [-0.2, 0) is 4.79 Å². The van der Waals surface area contributed by atoms with E-state index in [0.29, 0.717) is 12.8 Å². The number of hydrogen-bond donors (Lipinski definition) is 2. The largest absolute Gasteiger partial charge is 0.480 e. The molecule has 1 saturated carbocycles.